The lowest BCUT2D eigenvalue weighted by atomic mass is 10.1. The summed E-state index contributed by atoms with van der Waals surface area (Å²) in [7, 11) is 0. The van der Waals surface area contributed by atoms with E-state index in [2.05, 4.69) is 0 Å². The summed E-state index contributed by atoms with van der Waals surface area (Å²) in [5.41, 5.74) is 5.46. The number of halogens is 4. The number of aryl methyl sites for hydroxylation is 1. The van der Waals surface area contributed by atoms with E-state index in [0.717, 1.165) is 0 Å². The maximum Gasteiger partial charge on any atom is 0.255 e. The average Bonchev–Trinajstić information content (AvgIpc) is 2.44. The monoisotopic (exact) mass is 298 g/mol. The van der Waals surface area contributed by atoms with Crippen molar-refractivity contribution in [2.75, 3.05) is 11.1 Å². The van der Waals surface area contributed by atoms with Gasteiger partial charge in [-0.3, -0.25) is 4.79 Å². The predicted molar refractivity (Wildman–Crippen MR) is 69.8 cm³/mol. The molecular formula is C14H10F4N2O. The first-order chi connectivity index (χ1) is 9.81. The lowest BCUT2D eigenvalue weighted by Gasteiger charge is -2.10. The van der Waals surface area contributed by atoms with Crippen molar-refractivity contribution in [1.82, 2.24) is 0 Å². The summed E-state index contributed by atoms with van der Waals surface area (Å²) < 4.78 is 53.0. The molecular weight excluding hydrogens is 288 g/mol. The van der Waals surface area contributed by atoms with Gasteiger partial charge in [0.1, 0.15) is 5.69 Å². The molecule has 0 heterocycles. The van der Waals surface area contributed by atoms with Gasteiger partial charge >= 0.3 is 0 Å². The fourth-order valence-corrected chi connectivity index (χ4v) is 1.69. The average molecular weight is 298 g/mol. The Kier molecular flexibility index (Phi) is 3.84. The molecule has 7 heteroatoms. The summed E-state index contributed by atoms with van der Waals surface area (Å²) in [5.74, 6) is -7.46. The van der Waals surface area contributed by atoms with Crippen molar-refractivity contribution in [3.8, 4) is 0 Å². The molecule has 0 aromatic heterocycles. The third-order valence-corrected chi connectivity index (χ3v) is 2.88. The fourth-order valence-electron chi connectivity index (χ4n) is 1.69. The lowest BCUT2D eigenvalue weighted by molar-refractivity contribution is 0.102. The molecule has 0 aliphatic carbocycles. The summed E-state index contributed by atoms with van der Waals surface area (Å²) >= 11 is 0. The minimum atomic E-state index is -1.67. The van der Waals surface area contributed by atoms with Crippen molar-refractivity contribution >= 4 is 17.3 Å². The third kappa shape index (κ3) is 2.81. The standard InChI is InChI=1S/C14H10F4N2O/c1-6-4-7(2-3-10(6)19)14(21)20-13-11(17)8(15)5-9(16)12(13)18/h2-5H,19H2,1H3,(H,20,21). The second kappa shape index (κ2) is 5.43. The number of amides is 1. The van der Waals surface area contributed by atoms with Crippen LogP contribution in [-0.4, -0.2) is 5.91 Å². The molecule has 0 atom stereocenters. The third-order valence-electron chi connectivity index (χ3n) is 2.88. The van der Waals surface area contributed by atoms with Crippen LogP contribution >= 0.6 is 0 Å². The Labute approximate surface area is 117 Å². The maximum absolute atomic E-state index is 13.4. The molecule has 0 fully saturated rings. The van der Waals surface area contributed by atoms with Gasteiger partial charge in [-0.05, 0) is 30.7 Å². The summed E-state index contributed by atoms with van der Waals surface area (Å²) in [6, 6.07) is 4.20. The van der Waals surface area contributed by atoms with E-state index in [1.807, 2.05) is 5.32 Å². The molecule has 0 aliphatic rings. The van der Waals surface area contributed by atoms with Crippen molar-refractivity contribution in [1.29, 1.82) is 0 Å². The number of nitrogens with one attached hydrogen (secondary N) is 1. The Morgan fingerprint density at radius 3 is 2.14 bits per heavy atom. The molecule has 0 spiro atoms. The number of hydrogen-bond acceptors (Lipinski definition) is 2. The van der Waals surface area contributed by atoms with Gasteiger partial charge in [0, 0.05) is 17.3 Å². The van der Waals surface area contributed by atoms with Gasteiger partial charge in [-0.25, -0.2) is 17.6 Å². The van der Waals surface area contributed by atoms with Crippen LogP contribution in [-0.2, 0) is 0 Å². The van der Waals surface area contributed by atoms with Crippen LogP contribution in [0.15, 0.2) is 24.3 Å². The van der Waals surface area contributed by atoms with Crippen LogP contribution < -0.4 is 11.1 Å². The van der Waals surface area contributed by atoms with E-state index in [1.165, 1.54) is 18.2 Å². The highest BCUT2D eigenvalue weighted by Gasteiger charge is 2.21. The van der Waals surface area contributed by atoms with Crippen molar-refractivity contribution < 1.29 is 22.4 Å². The number of benzene rings is 2. The summed E-state index contributed by atoms with van der Waals surface area (Å²) in [5, 5.41) is 1.81. The number of nitrogen functional groups attached to an aromatic ring is 1. The number of carbonyl (C=O) groups excluding carboxylic acids is 1. The summed E-state index contributed by atoms with van der Waals surface area (Å²) in [6.45, 7) is 1.63. The minimum Gasteiger partial charge on any atom is -0.399 e. The first-order valence-corrected chi connectivity index (χ1v) is 5.81. The summed E-state index contributed by atoms with van der Waals surface area (Å²) in [6.07, 6.45) is 0. The van der Waals surface area contributed by atoms with E-state index in [-0.39, 0.29) is 11.6 Å². The molecule has 2 rings (SSSR count). The van der Waals surface area contributed by atoms with Crippen LogP contribution in [0.25, 0.3) is 0 Å². The van der Waals surface area contributed by atoms with Crippen molar-refractivity contribution in [3.63, 3.8) is 0 Å². The first-order valence-electron chi connectivity index (χ1n) is 5.81. The molecule has 1 amide bonds. The van der Waals surface area contributed by atoms with Gasteiger partial charge in [0.15, 0.2) is 23.3 Å². The number of anilines is 2. The Hall–Kier alpha value is -2.57. The minimum absolute atomic E-state index is 0.0465. The smallest absolute Gasteiger partial charge is 0.255 e. The highest BCUT2D eigenvalue weighted by atomic mass is 19.2. The van der Waals surface area contributed by atoms with Crippen LogP contribution in [0.3, 0.4) is 0 Å². The topological polar surface area (TPSA) is 55.1 Å². The fraction of sp³-hybridized carbons (Fsp3) is 0.0714. The van der Waals surface area contributed by atoms with Gasteiger partial charge in [-0.2, -0.15) is 0 Å². The highest BCUT2D eigenvalue weighted by Crippen LogP contribution is 2.25. The second-order valence-corrected chi connectivity index (χ2v) is 4.37. The first kappa shape index (κ1) is 14.8. The molecule has 0 saturated heterocycles. The zero-order chi connectivity index (χ0) is 15.7. The number of hydrogen-bond donors (Lipinski definition) is 2. The molecule has 0 radical (unpaired) electrons. The van der Waals surface area contributed by atoms with Crippen LogP contribution in [0.1, 0.15) is 15.9 Å². The number of nitrogens with two attached hydrogens (primary N) is 1. The van der Waals surface area contributed by atoms with E-state index in [4.69, 9.17) is 5.73 Å². The van der Waals surface area contributed by atoms with Gasteiger partial charge in [0.05, 0.1) is 0 Å². The predicted octanol–water partition coefficient (Wildman–Crippen LogP) is 3.39. The van der Waals surface area contributed by atoms with Gasteiger partial charge in [-0.1, -0.05) is 0 Å². The second-order valence-electron chi connectivity index (χ2n) is 4.37. The van der Waals surface area contributed by atoms with E-state index in [9.17, 15) is 22.4 Å². The highest BCUT2D eigenvalue weighted by molar-refractivity contribution is 6.04. The molecule has 110 valence electrons. The molecule has 3 nitrogen and oxygen atoms in total. The van der Waals surface area contributed by atoms with Crippen molar-refractivity contribution in [3.05, 3.63) is 58.7 Å². The van der Waals surface area contributed by atoms with Crippen LogP contribution in [0.4, 0.5) is 28.9 Å². The van der Waals surface area contributed by atoms with E-state index >= 15 is 0 Å². The van der Waals surface area contributed by atoms with Crippen LogP contribution in [0.2, 0.25) is 0 Å². The van der Waals surface area contributed by atoms with Gasteiger partial charge in [-0.15, -0.1) is 0 Å². The van der Waals surface area contributed by atoms with Gasteiger partial charge in [0.25, 0.3) is 5.91 Å². The molecule has 3 N–H and O–H groups in total. The van der Waals surface area contributed by atoms with Crippen molar-refractivity contribution in [2.45, 2.75) is 6.92 Å². The maximum atomic E-state index is 13.4. The zero-order valence-corrected chi connectivity index (χ0v) is 10.8. The normalized spacial score (nSPS) is 10.5. The Balaban J connectivity index is 2.38. The quantitative estimate of drug-likeness (QED) is 0.507. The Morgan fingerprint density at radius 1 is 1.05 bits per heavy atom. The van der Waals surface area contributed by atoms with E-state index in [1.54, 1.807) is 6.92 Å². The zero-order valence-electron chi connectivity index (χ0n) is 10.8. The van der Waals surface area contributed by atoms with Gasteiger partial charge < -0.3 is 11.1 Å². The van der Waals surface area contributed by atoms with E-state index in [0.29, 0.717) is 11.3 Å². The number of carbonyl (C=O) groups is 1. The van der Waals surface area contributed by atoms with Crippen molar-refractivity contribution in [2.24, 2.45) is 0 Å². The largest absolute Gasteiger partial charge is 0.399 e. The lowest BCUT2D eigenvalue weighted by Crippen LogP contribution is -2.16. The molecule has 2 aromatic rings. The van der Waals surface area contributed by atoms with Crippen LogP contribution in [0, 0.1) is 30.2 Å². The van der Waals surface area contributed by atoms with E-state index < -0.39 is 34.9 Å². The molecule has 21 heavy (non-hydrogen) atoms. The summed E-state index contributed by atoms with van der Waals surface area (Å²) in [4.78, 5) is 11.9. The van der Waals surface area contributed by atoms with Gasteiger partial charge in [0.2, 0.25) is 0 Å². The molecule has 0 saturated carbocycles. The Bertz CT molecular complexity index is 705. The molecule has 0 bridgehead atoms. The molecule has 2 aromatic carbocycles. The van der Waals surface area contributed by atoms with Crippen LogP contribution in [0.5, 0.6) is 0 Å². The SMILES string of the molecule is Cc1cc(C(=O)Nc2c(F)c(F)cc(F)c2F)ccc1N. The molecule has 0 aliphatic heterocycles. The molecule has 0 unspecified atom stereocenters. The Morgan fingerprint density at radius 2 is 1.62 bits per heavy atom. The number of rotatable bonds is 2.